The van der Waals surface area contributed by atoms with Crippen LogP contribution in [0.1, 0.15) is 17.3 Å². The van der Waals surface area contributed by atoms with Gasteiger partial charge in [0.1, 0.15) is 0 Å². The van der Waals surface area contributed by atoms with Crippen molar-refractivity contribution in [1.29, 1.82) is 0 Å². The van der Waals surface area contributed by atoms with Crippen molar-refractivity contribution < 1.29 is 18.7 Å². The molecule has 0 bridgehead atoms. The minimum absolute atomic E-state index is 0.0558. The van der Waals surface area contributed by atoms with E-state index in [9.17, 15) is 9.18 Å². The molecule has 3 nitrogen and oxygen atoms in total. The standard InChI is InChI=1S/C10H10BrFO3/c1-3-15-10(13)6-4-5-7(14-2)9(12)8(6)11/h4-5H,3H2,1-2H3. The Morgan fingerprint density at radius 1 is 1.53 bits per heavy atom. The molecule has 0 heterocycles. The van der Waals surface area contributed by atoms with E-state index in [1.165, 1.54) is 19.2 Å². The molecule has 5 heteroatoms. The molecule has 15 heavy (non-hydrogen) atoms. The summed E-state index contributed by atoms with van der Waals surface area (Å²) in [5.74, 6) is -1.09. The highest BCUT2D eigenvalue weighted by Gasteiger charge is 2.17. The summed E-state index contributed by atoms with van der Waals surface area (Å²) in [4.78, 5) is 11.4. The Bertz CT molecular complexity index is 379. The van der Waals surface area contributed by atoms with Crippen LogP contribution in [0.25, 0.3) is 0 Å². The van der Waals surface area contributed by atoms with E-state index in [0.29, 0.717) is 0 Å². The molecule has 0 aliphatic rings. The second kappa shape index (κ2) is 5.11. The topological polar surface area (TPSA) is 35.5 Å². The molecule has 0 N–H and O–H groups in total. The first kappa shape index (κ1) is 12.0. The fourth-order valence-electron chi connectivity index (χ4n) is 1.06. The smallest absolute Gasteiger partial charge is 0.339 e. The highest BCUT2D eigenvalue weighted by Crippen LogP contribution is 2.28. The molecule has 0 amide bonds. The highest BCUT2D eigenvalue weighted by atomic mass is 79.9. The van der Waals surface area contributed by atoms with E-state index < -0.39 is 11.8 Å². The van der Waals surface area contributed by atoms with Crippen LogP contribution in [0.3, 0.4) is 0 Å². The molecule has 1 aromatic rings. The molecule has 0 saturated heterocycles. The third-order valence-electron chi connectivity index (χ3n) is 1.76. The van der Waals surface area contributed by atoms with Crippen LogP contribution in [-0.2, 0) is 4.74 Å². The van der Waals surface area contributed by atoms with Gasteiger partial charge in [0, 0.05) is 0 Å². The van der Waals surface area contributed by atoms with Crippen molar-refractivity contribution in [2.75, 3.05) is 13.7 Å². The number of ether oxygens (including phenoxy) is 2. The Labute approximate surface area is 95.3 Å². The maximum Gasteiger partial charge on any atom is 0.339 e. The summed E-state index contributed by atoms with van der Waals surface area (Å²) in [6.07, 6.45) is 0. The zero-order chi connectivity index (χ0) is 11.4. The van der Waals surface area contributed by atoms with Crippen LogP contribution in [0, 0.1) is 5.82 Å². The van der Waals surface area contributed by atoms with Gasteiger partial charge in [-0.3, -0.25) is 0 Å². The summed E-state index contributed by atoms with van der Waals surface area (Å²) in [6.45, 7) is 1.94. The first-order chi connectivity index (χ1) is 7.11. The molecule has 0 aliphatic carbocycles. The lowest BCUT2D eigenvalue weighted by atomic mass is 10.2. The Morgan fingerprint density at radius 3 is 2.73 bits per heavy atom. The maximum atomic E-state index is 13.5. The second-order valence-corrected chi connectivity index (χ2v) is 3.46. The van der Waals surface area contributed by atoms with Gasteiger partial charge in [-0.15, -0.1) is 0 Å². The van der Waals surface area contributed by atoms with Gasteiger partial charge in [-0.2, -0.15) is 0 Å². The van der Waals surface area contributed by atoms with E-state index in [1.54, 1.807) is 6.92 Å². The summed E-state index contributed by atoms with van der Waals surface area (Å²) in [6, 6.07) is 2.83. The number of carbonyl (C=O) groups is 1. The van der Waals surface area contributed by atoms with Crippen molar-refractivity contribution >= 4 is 21.9 Å². The molecule has 0 radical (unpaired) electrons. The number of rotatable bonds is 3. The normalized spacial score (nSPS) is 9.87. The van der Waals surface area contributed by atoms with Gasteiger partial charge in [0.05, 0.1) is 23.8 Å². The van der Waals surface area contributed by atoms with Crippen LogP contribution in [-0.4, -0.2) is 19.7 Å². The first-order valence-electron chi connectivity index (χ1n) is 4.31. The summed E-state index contributed by atoms with van der Waals surface area (Å²) >= 11 is 2.99. The van der Waals surface area contributed by atoms with Crippen LogP contribution < -0.4 is 4.74 Å². The van der Waals surface area contributed by atoms with Crippen molar-refractivity contribution in [3.8, 4) is 5.75 Å². The Balaban J connectivity index is 3.11. The van der Waals surface area contributed by atoms with E-state index in [4.69, 9.17) is 9.47 Å². The minimum Gasteiger partial charge on any atom is -0.494 e. The van der Waals surface area contributed by atoms with Crippen molar-refractivity contribution in [3.63, 3.8) is 0 Å². The van der Waals surface area contributed by atoms with E-state index >= 15 is 0 Å². The average molecular weight is 277 g/mol. The van der Waals surface area contributed by atoms with Crippen molar-refractivity contribution in [2.45, 2.75) is 6.92 Å². The van der Waals surface area contributed by atoms with Crippen LogP contribution in [0.4, 0.5) is 4.39 Å². The fraction of sp³-hybridized carbons (Fsp3) is 0.300. The van der Waals surface area contributed by atoms with Gasteiger partial charge in [0.15, 0.2) is 11.6 Å². The number of carbonyl (C=O) groups excluding carboxylic acids is 1. The van der Waals surface area contributed by atoms with Crippen LogP contribution in [0.2, 0.25) is 0 Å². The van der Waals surface area contributed by atoms with E-state index in [0.717, 1.165) is 0 Å². The van der Waals surface area contributed by atoms with Crippen LogP contribution >= 0.6 is 15.9 Å². The summed E-state index contributed by atoms with van der Waals surface area (Å²) < 4.78 is 23.1. The Hall–Kier alpha value is -1.10. The van der Waals surface area contributed by atoms with Crippen LogP contribution in [0.15, 0.2) is 16.6 Å². The predicted molar refractivity (Wildman–Crippen MR) is 56.6 cm³/mol. The summed E-state index contributed by atoms with van der Waals surface area (Å²) in [5, 5.41) is 0. The molecular formula is C10H10BrFO3. The molecule has 0 atom stereocenters. The number of benzene rings is 1. The number of halogens is 2. The largest absolute Gasteiger partial charge is 0.494 e. The van der Waals surface area contributed by atoms with Gasteiger partial charge in [0.2, 0.25) is 0 Å². The van der Waals surface area contributed by atoms with E-state index in [1.807, 2.05) is 0 Å². The highest BCUT2D eigenvalue weighted by molar-refractivity contribution is 9.10. The maximum absolute atomic E-state index is 13.5. The molecule has 0 aliphatic heterocycles. The summed E-state index contributed by atoms with van der Waals surface area (Å²) in [7, 11) is 1.36. The van der Waals surface area contributed by atoms with E-state index in [-0.39, 0.29) is 22.4 Å². The molecule has 0 aromatic heterocycles. The zero-order valence-corrected chi connectivity index (χ0v) is 9.93. The van der Waals surface area contributed by atoms with Gasteiger partial charge in [0.25, 0.3) is 0 Å². The van der Waals surface area contributed by atoms with E-state index in [2.05, 4.69) is 15.9 Å². The average Bonchev–Trinajstić information content (AvgIpc) is 2.22. The molecular weight excluding hydrogens is 267 g/mol. The van der Waals surface area contributed by atoms with Crippen molar-refractivity contribution in [2.24, 2.45) is 0 Å². The lowest BCUT2D eigenvalue weighted by molar-refractivity contribution is 0.0524. The number of methoxy groups -OCH3 is 1. The SMILES string of the molecule is CCOC(=O)c1ccc(OC)c(F)c1Br. The molecule has 0 unspecified atom stereocenters. The van der Waals surface area contributed by atoms with Crippen LogP contribution in [0.5, 0.6) is 5.75 Å². The Kier molecular flexibility index (Phi) is 4.08. The molecule has 1 rings (SSSR count). The van der Waals surface area contributed by atoms with Gasteiger partial charge in [-0.25, -0.2) is 9.18 Å². The van der Waals surface area contributed by atoms with Gasteiger partial charge >= 0.3 is 5.97 Å². The Morgan fingerprint density at radius 2 is 2.20 bits per heavy atom. The monoisotopic (exact) mass is 276 g/mol. The number of esters is 1. The third-order valence-corrected chi connectivity index (χ3v) is 2.54. The summed E-state index contributed by atoms with van der Waals surface area (Å²) in [5.41, 5.74) is 0.148. The molecule has 0 saturated carbocycles. The molecule has 1 aromatic carbocycles. The third kappa shape index (κ3) is 2.47. The molecule has 0 spiro atoms. The molecule has 82 valence electrons. The van der Waals surface area contributed by atoms with Crippen molar-refractivity contribution in [3.05, 3.63) is 28.0 Å². The second-order valence-electron chi connectivity index (χ2n) is 2.66. The van der Waals surface area contributed by atoms with Crippen molar-refractivity contribution in [1.82, 2.24) is 0 Å². The van der Waals surface area contributed by atoms with Gasteiger partial charge in [-0.1, -0.05) is 0 Å². The lowest BCUT2D eigenvalue weighted by Gasteiger charge is -2.07. The minimum atomic E-state index is -0.608. The molecule has 0 fully saturated rings. The fourth-order valence-corrected chi connectivity index (χ4v) is 1.55. The quantitative estimate of drug-likeness (QED) is 0.797. The van der Waals surface area contributed by atoms with Gasteiger partial charge in [-0.05, 0) is 35.0 Å². The zero-order valence-electron chi connectivity index (χ0n) is 8.34. The van der Waals surface area contributed by atoms with Gasteiger partial charge < -0.3 is 9.47 Å². The number of hydrogen-bond acceptors (Lipinski definition) is 3. The first-order valence-corrected chi connectivity index (χ1v) is 5.10. The lowest BCUT2D eigenvalue weighted by Crippen LogP contribution is -2.06. The predicted octanol–water partition coefficient (Wildman–Crippen LogP) is 2.77. The number of hydrogen-bond donors (Lipinski definition) is 0.